The van der Waals surface area contributed by atoms with Gasteiger partial charge in [-0.2, -0.15) is 0 Å². The molecule has 0 bridgehead atoms. The molecule has 2 aromatic rings. The Balaban J connectivity index is 1.62. The number of benzene rings is 1. The first-order valence-corrected chi connectivity index (χ1v) is 8.91. The molecule has 27 heavy (non-hydrogen) atoms. The van der Waals surface area contributed by atoms with E-state index < -0.39 is 0 Å². The number of carbonyl (C=O) groups excluding carboxylic acids is 3. The van der Waals surface area contributed by atoms with Crippen LogP contribution in [0.3, 0.4) is 0 Å². The van der Waals surface area contributed by atoms with Gasteiger partial charge in [-0.05, 0) is 23.8 Å². The van der Waals surface area contributed by atoms with Crippen molar-refractivity contribution in [2.45, 2.75) is 6.54 Å². The van der Waals surface area contributed by atoms with Crippen molar-refractivity contribution in [1.82, 2.24) is 20.1 Å². The molecule has 1 N–H and O–H groups in total. The number of halogens is 1. The third-order valence-corrected chi connectivity index (χ3v) is 4.62. The molecule has 0 spiro atoms. The van der Waals surface area contributed by atoms with E-state index in [0.29, 0.717) is 48.9 Å². The predicted octanol–water partition coefficient (Wildman–Crippen LogP) is 1.58. The van der Waals surface area contributed by atoms with E-state index in [1.165, 1.54) is 12.4 Å². The lowest BCUT2D eigenvalue weighted by atomic mass is 10.1. The maximum atomic E-state index is 12.6. The fourth-order valence-electron chi connectivity index (χ4n) is 2.78. The highest BCUT2D eigenvalue weighted by Gasteiger charge is 2.22. The number of amides is 3. The van der Waals surface area contributed by atoms with Crippen LogP contribution in [-0.2, 0) is 11.3 Å². The highest BCUT2D eigenvalue weighted by atomic mass is 35.5. The Hall–Kier alpha value is -2.93. The second-order valence-electron chi connectivity index (χ2n) is 6.21. The van der Waals surface area contributed by atoms with Crippen molar-refractivity contribution >= 4 is 29.8 Å². The van der Waals surface area contributed by atoms with E-state index in [2.05, 4.69) is 10.3 Å². The van der Waals surface area contributed by atoms with Gasteiger partial charge in [-0.3, -0.25) is 19.4 Å². The number of nitrogens with one attached hydrogen (secondary N) is 1. The Labute approximate surface area is 161 Å². The molecule has 7 nitrogen and oxygen atoms in total. The third kappa shape index (κ3) is 4.83. The Morgan fingerprint density at radius 3 is 2.41 bits per heavy atom. The molecule has 1 aliphatic rings. The van der Waals surface area contributed by atoms with Gasteiger partial charge in [0.1, 0.15) is 0 Å². The summed E-state index contributed by atoms with van der Waals surface area (Å²) in [4.78, 5) is 43.1. The smallest absolute Gasteiger partial charge is 0.255 e. The second-order valence-corrected chi connectivity index (χ2v) is 6.64. The topological polar surface area (TPSA) is 82.6 Å². The number of hydrogen-bond acceptors (Lipinski definition) is 4. The fourth-order valence-corrected chi connectivity index (χ4v) is 2.91. The summed E-state index contributed by atoms with van der Waals surface area (Å²) in [5.41, 5.74) is 1.59. The van der Waals surface area contributed by atoms with Crippen LogP contribution in [0.1, 0.15) is 26.3 Å². The van der Waals surface area contributed by atoms with Gasteiger partial charge in [-0.25, -0.2) is 0 Å². The van der Waals surface area contributed by atoms with Gasteiger partial charge in [0.25, 0.3) is 11.8 Å². The highest BCUT2D eigenvalue weighted by Crippen LogP contribution is 2.11. The summed E-state index contributed by atoms with van der Waals surface area (Å²) >= 11 is 5.85. The number of piperazine rings is 1. The van der Waals surface area contributed by atoms with Gasteiger partial charge in [0.05, 0.1) is 11.1 Å². The van der Waals surface area contributed by atoms with E-state index in [-0.39, 0.29) is 11.8 Å². The Bertz CT molecular complexity index is 833. The first-order chi connectivity index (χ1) is 13.1. The molecule has 3 amide bonds. The number of hydrogen-bond donors (Lipinski definition) is 1. The van der Waals surface area contributed by atoms with Gasteiger partial charge in [0, 0.05) is 50.1 Å². The van der Waals surface area contributed by atoms with Gasteiger partial charge < -0.3 is 15.1 Å². The summed E-state index contributed by atoms with van der Waals surface area (Å²) in [6, 6.07) is 8.72. The van der Waals surface area contributed by atoms with Crippen LogP contribution >= 0.6 is 11.6 Å². The minimum atomic E-state index is -0.308. The Kier molecular flexibility index (Phi) is 6.03. The monoisotopic (exact) mass is 386 g/mol. The van der Waals surface area contributed by atoms with E-state index in [1.807, 2.05) is 12.1 Å². The molecule has 3 rings (SSSR count). The number of nitrogens with zero attached hydrogens (tertiary/aromatic N) is 3. The second kappa shape index (κ2) is 8.64. The van der Waals surface area contributed by atoms with Gasteiger partial charge in [-0.1, -0.05) is 23.7 Å². The van der Waals surface area contributed by atoms with E-state index in [9.17, 15) is 14.4 Å². The molecule has 1 aromatic carbocycles. The number of rotatable bonds is 5. The van der Waals surface area contributed by atoms with Gasteiger partial charge in [0.15, 0.2) is 0 Å². The minimum absolute atomic E-state index is 0.194. The highest BCUT2D eigenvalue weighted by molar-refractivity contribution is 6.30. The van der Waals surface area contributed by atoms with Crippen molar-refractivity contribution in [3.63, 3.8) is 0 Å². The van der Waals surface area contributed by atoms with Gasteiger partial charge in [-0.15, -0.1) is 0 Å². The Morgan fingerprint density at radius 1 is 1.07 bits per heavy atom. The summed E-state index contributed by atoms with van der Waals surface area (Å²) in [7, 11) is 0. The average molecular weight is 387 g/mol. The zero-order valence-corrected chi connectivity index (χ0v) is 15.4. The van der Waals surface area contributed by atoms with Crippen LogP contribution in [0.5, 0.6) is 0 Å². The van der Waals surface area contributed by atoms with Crippen LogP contribution < -0.4 is 5.32 Å². The molecule has 1 saturated heterocycles. The molecule has 2 heterocycles. The lowest BCUT2D eigenvalue weighted by molar-refractivity contribution is -0.119. The van der Waals surface area contributed by atoms with Crippen molar-refractivity contribution in [3.05, 3.63) is 64.4 Å². The Morgan fingerprint density at radius 2 is 1.74 bits per heavy atom. The molecule has 0 unspecified atom stereocenters. The lowest BCUT2D eigenvalue weighted by Gasteiger charge is -2.32. The predicted molar refractivity (Wildman–Crippen MR) is 100 cm³/mol. The van der Waals surface area contributed by atoms with Gasteiger partial charge >= 0.3 is 0 Å². The summed E-state index contributed by atoms with van der Waals surface area (Å²) < 4.78 is 0. The van der Waals surface area contributed by atoms with Crippen molar-refractivity contribution in [2.75, 3.05) is 26.2 Å². The summed E-state index contributed by atoms with van der Waals surface area (Å²) in [5.74, 6) is -0.502. The normalized spacial score (nSPS) is 14.0. The van der Waals surface area contributed by atoms with Gasteiger partial charge in [0.2, 0.25) is 6.41 Å². The minimum Gasteiger partial charge on any atom is -0.348 e. The molecule has 0 atom stereocenters. The molecular weight excluding hydrogens is 368 g/mol. The van der Waals surface area contributed by atoms with Crippen molar-refractivity contribution in [2.24, 2.45) is 0 Å². The molecule has 1 fully saturated rings. The van der Waals surface area contributed by atoms with E-state index in [1.54, 1.807) is 28.0 Å². The maximum Gasteiger partial charge on any atom is 0.255 e. The molecule has 0 aliphatic carbocycles. The van der Waals surface area contributed by atoms with Crippen LogP contribution in [0.4, 0.5) is 0 Å². The van der Waals surface area contributed by atoms with E-state index in [0.717, 1.165) is 12.0 Å². The zero-order chi connectivity index (χ0) is 19.2. The summed E-state index contributed by atoms with van der Waals surface area (Å²) in [6.45, 7) is 2.28. The molecule has 0 saturated carbocycles. The fraction of sp³-hybridized carbons (Fsp3) is 0.263. The largest absolute Gasteiger partial charge is 0.348 e. The summed E-state index contributed by atoms with van der Waals surface area (Å²) in [6.07, 6.45) is 3.66. The van der Waals surface area contributed by atoms with E-state index >= 15 is 0 Å². The van der Waals surface area contributed by atoms with Crippen molar-refractivity contribution in [3.8, 4) is 0 Å². The first kappa shape index (κ1) is 18.8. The molecule has 1 aromatic heterocycles. The molecule has 8 heteroatoms. The third-order valence-electron chi connectivity index (χ3n) is 4.36. The summed E-state index contributed by atoms with van der Waals surface area (Å²) in [5, 5.41) is 3.44. The maximum absolute atomic E-state index is 12.6. The average Bonchev–Trinajstić information content (AvgIpc) is 2.72. The van der Waals surface area contributed by atoms with Crippen LogP contribution in [0.15, 0.2) is 42.7 Å². The standard InChI is InChI=1S/C19H19ClN4O3/c20-17-3-1-14(2-4-17)10-22-18(26)15-9-16(12-21-11-15)19(27)24-7-5-23(13-25)6-8-24/h1-4,9,11-13H,5-8,10H2,(H,22,26). The quantitative estimate of drug-likeness (QED) is 0.791. The van der Waals surface area contributed by atoms with Crippen LogP contribution in [-0.4, -0.2) is 59.2 Å². The van der Waals surface area contributed by atoms with Crippen LogP contribution in [0.25, 0.3) is 0 Å². The zero-order valence-electron chi connectivity index (χ0n) is 14.6. The number of aromatic nitrogens is 1. The number of pyridine rings is 1. The SMILES string of the molecule is O=CN1CCN(C(=O)c2cncc(C(=O)NCc3ccc(Cl)cc3)c2)CC1. The molecule has 1 aliphatic heterocycles. The number of carbonyl (C=O) groups is 3. The van der Waals surface area contributed by atoms with Crippen molar-refractivity contribution < 1.29 is 14.4 Å². The lowest BCUT2D eigenvalue weighted by Crippen LogP contribution is -2.48. The van der Waals surface area contributed by atoms with Crippen molar-refractivity contribution in [1.29, 1.82) is 0 Å². The first-order valence-electron chi connectivity index (χ1n) is 8.53. The van der Waals surface area contributed by atoms with Crippen LogP contribution in [0, 0.1) is 0 Å². The molecular formula is C19H19ClN4O3. The molecule has 0 radical (unpaired) electrons. The van der Waals surface area contributed by atoms with E-state index in [4.69, 9.17) is 11.6 Å². The van der Waals surface area contributed by atoms with Crippen LogP contribution in [0.2, 0.25) is 5.02 Å². The molecule has 140 valence electrons.